The number of hydrogen-bond donors (Lipinski definition) is 2. The van der Waals surface area contributed by atoms with Gasteiger partial charge in [-0.3, -0.25) is 4.79 Å². The molecule has 2 aromatic carbocycles. The van der Waals surface area contributed by atoms with Crippen molar-refractivity contribution in [2.75, 3.05) is 7.11 Å². The Morgan fingerprint density at radius 1 is 1.29 bits per heavy atom. The van der Waals surface area contributed by atoms with E-state index in [0.29, 0.717) is 11.3 Å². The van der Waals surface area contributed by atoms with Crippen LogP contribution in [0.4, 0.5) is 0 Å². The fraction of sp³-hybridized carbons (Fsp3) is 0.286. The van der Waals surface area contributed by atoms with E-state index >= 15 is 0 Å². The van der Waals surface area contributed by atoms with Crippen LogP contribution >= 0.6 is 0 Å². The molecule has 2 unspecified atom stereocenters. The van der Waals surface area contributed by atoms with Crippen LogP contribution < -0.4 is 10.1 Å². The number of para-hydroxylation sites is 1. The summed E-state index contributed by atoms with van der Waals surface area (Å²) in [6.07, 6.45) is 2.56. The van der Waals surface area contributed by atoms with Gasteiger partial charge >= 0.3 is 0 Å². The van der Waals surface area contributed by atoms with E-state index in [4.69, 9.17) is 4.74 Å². The van der Waals surface area contributed by atoms with Gasteiger partial charge in [0, 0.05) is 5.56 Å². The number of fused-ring (bicyclic) bond motifs is 1. The van der Waals surface area contributed by atoms with E-state index in [9.17, 15) is 9.90 Å². The quantitative estimate of drug-likeness (QED) is 0.688. The topological polar surface area (TPSA) is 89.3 Å². The number of aryl methyl sites for hydroxylation is 1. The molecule has 0 saturated carbocycles. The lowest BCUT2D eigenvalue weighted by Crippen LogP contribution is -2.27. The average molecular weight is 378 g/mol. The summed E-state index contributed by atoms with van der Waals surface area (Å²) in [6, 6.07) is 15.4. The van der Waals surface area contributed by atoms with Crippen molar-refractivity contribution in [2.24, 2.45) is 0 Å². The lowest BCUT2D eigenvalue weighted by Gasteiger charge is -2.14. The third-order valence-corrected chi connectivity index (χ3v) is 5.07. The fourth-order valence-corrected chi connectivity index (χ4v) is 3.65. The lowest BCUT2D eigenvalue weighted by molar-refractivity contribution is 0.0931. The smallest absolute Gasteiger partial charge is 0.273 e. The SMILES string of the molecule is COc1ccccc1C(O)Cn1cc(C(=O)NC2CCc3ccccc32)nn1. The third kappa shape index (κ3) is 3.61. The van der Waals surface area contributed by atoms with Gasteiger partial charge in [-0.15, -0.1) is 5.10 Å². The summed E-state index contributed by atoms with van der Waals surface area (Å²) in [4.78, 5) is 12.6. The molecule has 2 N–H and O–H groups in total. The normalized spacial score (nSPS) is 16.4. The maximum atomic E-state index is 12.6. The zero-order chi connectivity index (χ0) is 19.5. The highest BCUT2D eigenvalue weighted by Gasteiger charge is 2.25. The zero-order valence-electron chi connectivity index (χ0n) is 15.6. The highest BCUT2D eigenvalue weighted by molar-refractivity contribution is 5.92. The molecule has 1 aromatic heterocycles. The number of carbonyl (C=O) groups excluding carboxylic acids is 1. The predicted octanol–water partition coefficient (Wildman–Crippen LogP) is 2.44. The van der Waals surface area contributed by atoms with Crippen molar-refractivity contribution < 1.29 is 14.6 Å². The Hall–Kier alpha value is -3.19. The summed E-state index contributed by atoms with van der Waals surface area (Å²) in [7, 11) is 1.56. The van der Waals surface area contributed by atoms with Crippen LogP contribution in [0.3, 0.4) is 0 Å². The maximum absolute atomic E-state index is 12.6. The van der Waals surface area contributed by atoms with Gasteiger partial charge in [-0.1, -0.05) is 47.7 Å². The molecule has 0 saturated heterocycles. The number of amides is 1. The molecule has 7 heteroatoms. The number of ether oxygens (including phenoxy) is 1. The molecule has 0 bridgehead atoms. The Balaban J connectivity index is 1.42. The van der Waals surface area contributed by atoms with Crippen LogP contribution in [0, 0.1) is 0 Å². The van der Waals surface area contributed by atoms with E-state index in [1.165, 1.54) is 10.2 Å². The Labute approximate surface area is 163 Å². The first kappa shape index (κ1) is 18.2. The molecule has 1 amide bonds. The summed E-state index contributed by atoms with van der Waals surface area (Å²) in [5.41, 5.74) is 3.33. The first-order valence-electron chi connectivity index (χ1n) is 9.25. The van der Waals surface area contributed by atoms with Crippen LogP contribution in [-0.2, 0) is 13.0 Å². The lowest BCUT2D eigenvalue weighted by atomic mass is 10.1. The van der Waals surface area contributed by atoms with Crippen molar-refractivity contribution >= 4 is 5.91 Å². The van der Waals surface area contributed by atoms with Gasteiger partial charge in [0.15, 0.2) is 5.69 Å². The van der Waals surface area contributed by atoms with Crippen molar-refractivity contribution in [3.05, 3.63) is 77.1 Å². The summed E-state index contributed by atoms with van der Waals surface area (Å²) in [6.45, 7) is 0.174. The summed E-state index contributed by atoms with van der Waals surface area (Å²) >= 11 is 0. The van der Waals surface area contributed by atoms with E-state index in [1.807, 2.05) is 30.3 Å². The van der Waals surface area contributed by atoms with Crippen molar-refractivity contribution in [3.63, 3.8) is 0 Å². The van der Waals surface area contributed by atoms with Gasteiger partial charge in [-0.2, -0.15) is 0 Å². The molecule has 28 heavy (non-hydrogen) atoms. The van der Waals surface area contributed by atoms with Crippen molar-refractivity contribution in [1.29, 1.82) is 0 Å². The first-order valence-corrected chi connectivity index (χ1v) is 9.25. The molecule has 0 aliphatic heterocycles. The van der Waals surface area contributed by atoms with Crippen LogP contribution in [0.1, 0.15) is 45.7 Å². The van der Waals surface area contributed by atoms with Gasteiger partial charge in [0.1, 0.15) is 11.9 Å². The van der Waals surface area contributed by atoms with E-state index in [2.05, 4.69) is 21.7 Å². The molecule has 0 fully saturated rings. The number of nitrogens with one attached hydrogen (secondary N) is 1. The Kier molecular flexibility index (Phi) is 5.08. The second kappa shape index (κ2) is 7.82. The van der Waals surface area contributed by atoms with Crippen LogP contribution in [0.25, 0.3) is 0 Å². The Bertz CT molecular complexity index is 985. The number of nitrogens with zero attached hydrogens (tertiary/aromatic N) is 3. The highest BCUT2D eigenvalue weighted by atomic mass is 16.5. The van der Waals surface area contributed by atoms with E-state index in [-0.39, 0.29) is 24.2 Å². The van der Waals surface area contributed by atoms with E-state index < -0.39 is 6.10 Å². The van der Waals surface area contributed by atoms with Gasteiger partial charge in [0.2, 0.25) is 0 Å². The molecule has 2 atom stereocenters. The van der Waals surface area contributed by atoms with Crippen LogP contribution in [0.2, 0.25) is 0 Å². The summed E-state index contributed by atoms with van der Waals surface area (Å²) in [5.74, 6) is 0.340. The Morgan fingerprint density at radius 3 is 2.93 bits per heavy atom. The number of methoxy groups -OCH3 is 1. The third-order valence-electron chi connectivity index (χ3n) is 5.07. The molecular formula is C21H22N4O3. The number of rotatable bonds is 6. The molecule has 0 spiro atoms. The number of aliphatic hydroxyl groups excluding tert-OH is 1. The monoisotopic (exact) mass is 378 g/mol. The zero-order valence-corrected chi connectivity index (χ0v) is 15.6. The molecule has 4 rings (SSSR count). The average Bonchev–Trinajstić information content (AvgIpc) is 3.35. The number of benzene rings is 2. The minimum atomic E-state index is -0.824. The molecule has 3 aromatic rings. The van der Waals surface area contributed by atoms with Crippen molar-refractivity contribution in [1.82, 2.24) is 20.3 Å². The molecule has 144 valence electrons. The van der Waals surface area contributed by atoms with Gasteiger partial charge in [-0.05, 0) is 30.0 Å². The molecule has 7 nitrogen and oxygen atoms in total. The number of carbonyl (C=O) groups is 1. The standard InChI is InChI=1S/C21H22N4O3/c1-28-20-9-5-4-8-16(20)19(26)13-25-12-18(23-24-25)21(27)22-17-11-10-14-6-2-3-7-15(14)17/h2-9,12,17,19,26H,10-11,13H2,1H3,(H,22,27). The minimum Gasteiger partial charge on any atom is -0.496 e. The summed E-state index contributed by atoms with van der Waals surface area (Å²) < 4.78 is 6.75. The summed E-state index contributed by atoms with van der Waals surface area (Å²) in [5, 5.41) is 21.5. The van der Waals surface area contributed by atoms with Crippen LogP contribution in [-0.4, -0.2) is 33.1 Å². The van der Waals surface area contributed by atoms with Crippen molar-refractivity contribution in [2.45, 2.75) is 31.5 Å². The van der Waals surface area contributed by atoms with Crippen molar-refractivity contribution in [3.8, 4) is 5.75 Å². The molecule has 1 aliphatic carbocycles. The molecule has 1 heterocycles. The van der Waals surface area contributed by atoms with Gasteiger partial charge in [0.25, 0.3) is 5.91 Å². The second-order valence-electron chi connectivity index (χ2n) is 6.85. The largest absolute Gasteiger partial charge is 0.496 e. The molecule has 1 aliphatic rings. The first-order chi connectivity index (χ1) is 13.7. The van der Waals surface area contributed by atoms with Gasteiger partial charge in [0.05, 0.1) is 25.9 Å². The van der Waals surface area contributed by atoms with Crippen LogP contribution in [0.15, 0.2) is 54.7 Å². The highest BCUT2D eigenvalue weighted by Crippen LogP contribution is 2.31. The predicted molar refractivity (Wildman–Crippen MR) is 103 cm³/mol. The van der Waals surface area contributed by atoms with Gasteiger partial charge in [-0.25, -0.2) is 4.68 Å². The number of hydrogen-bond acceptors (Lipinski definition) is 5. The minimum absolute atomic E-state index is 0.00646. The van der Waals surface area contributed by atoms with E-state index in [1.54, 1.807) is 25.4 Å². The number of aliphatic hydroxyl groups is 1. The fourth-order valence-electron chi connectivity index (χ4n) is 3.65. The van der Waals surface area contributed by atoms with Gasteiger partial charge < -0.3 is 15.2 Å². The van der Waals surface area contributed by atoms with E-state index in [0.717, 1.165) is 18.4 Å². The maximum Gasteiger partial charge on any atom is 0.273 e. The molecular weight excluding hydrogens is 356 g/mol. The number of aromatic nitrogens is 3. The van der Waals surface area contributed by atoms with Crippen LogP contribution in [0.5, 0.6) is 5.75 Å². The second-order valence-corrected chi connectivity index (χ2v) is 6.85. The Morgan fingerprint density at radius 2 is 2.07 bits per heavy atom. The molecule has 0 radical (unpaired) electrons.